The van der Waals surface area contributed by atoms with Gasteiger partial charge in [-0.3, -0.25) is 0 Å². The molecule has 0 saturated heterocycles. The van der Waals surface area contributed by atoms with Gasteiger partial charge in [0.2, 0.25) is 0 Å². The number of anilines is 1. The number of hydrogen-bond acceptors (Lipinski definition) is 3. The largest absolute Gasteiger partial charge is 0.496 e. The first kappa shape index (κ1) is 12.2. The second-order valence-electron chi connectivity index (χ2n) is 5.33. The number of nitrogens with two attached hydrogens (primary N) is 1. The quantitative estimate of drug-likeness (QED) is 0.868. The Morgan fingerprint density at radius 2 is 1.94 bits per heavy atom. The molecule has 0 radical (unpaired) electrons. The summed E-state index contributed by atoms with van der Waals surface area (Å²) in [6, 6.07) is 4.27. The number of rotatable bonds is 4. The second-order valence-corrected chi connectivity index (χ2v) is 5.33. The SMILES string of the molecule is COc1cc(C)c(N(C)CC2(N)CC2)cc1C. The normalized spacial score (nSPS) is 16.8. The molecule has 3 nitrogen and oxygen atoms in total. The zero-order chi connectivity index (χ0) is 12.6. The monoisotopic (exact) mass is 234 g/mol. The van der Waals surface area contributed by atoms with Crippen LogP contribution in [0.15, 0.2) is 12.1 Å². The minimum absolute atomic E-state index is 0.0506. The Morgan fingerprint density at radius 3 is 2.47 bits per heavy atom. The summed E-state index contributed by atoms with van der Waals surface area (Å²) < 4.78 is 5.33. The van der Waals surface area contributed by atoms with Crippen molar-refractivity contribution in [1.82, 2.24) is 0 Å². The zero-order valence-corrected chi connectivity index (χ0v) is 11.2. The van der Waals surface area contributed by atoms with Gasteiger partial charge in [-0.15, -0.1) is 0 Å². The molecule has 0 aromatic heterocycles. The molecule has 1 aromatic carbocycles. The van der Waals surface area contributed by atoms with Crippen molar-refractivity contribution in [2.24, 2.45) is 5.73 Å². The number of methoxy groups -OCH3 is 1. The lowest BCUT2D eigenvalue weighted by atomic mass is 10.1. The zero-order valence-electron chi connectivity index (χ0n) is 11.2. The van der Waals surface area contributed by atoms with Crippen LogP contribution in [-0.4, -0.2) is 26.2 Å². The first-order valence-corrected chi connectivity index (χ1v) is 6.10. The third-order valence-electron chi connectivity index (χ3n) is 3.57. The number of aryl methyl sites for hydroxylation is 2. The Kier molecular flexibility index (Phi) is 3.04. The van der Waals surface area contributed by atoms with Crippen molar-refractivity contribution < 1.29 is 4.74 Å². The molecule has 2 rings (SSSR count). The third kappa shape index (κ3) is 2.55. The molecule has 17 heavy (non-hydrogen) atoms. The van der Waals surface area contributed by atoms with E-state index in [0.717, 1.165) is 25.1 Å². The van der Waals surface area contributed by atoms with Gasteiger partial charge in [0.1, 0.15) is 5.75 Å². The van der Waals surface area contributed by atoms with E-state index < -0.39 is 0 Å². The van der Waals surface area contributed by atoms with Crippen LogP contribution >= 0.6 is 0 Å². The minimum atomic E-state index is 0.0506. The van der Waals surface area contributed by atoms with Crippen LogP contribution in [0.5, 0.6) is 5.75 Å². The standard InChI is InChI=1S/C14H22N2O/c1-10-8-13(17-4)11(2)7-12(10)16(3)9-14(15)5-6-14/h7-8H,5-6,9,15H2,1-4H3. The highest BCUT2D eigenvalue weighted by molar-refractivity contribution is 5.58. The lowest BCUT2D eigenvalue weighted by Crippen LogP contribution is -2.37. The number of benzene rings is 1. The van der Waals surface area contributed by atoms with Gasteiger partial charge in [0, 0.05) is 24.8 Å². The number of ether oxygens (including phenoxy) is 1. The third-order valence-corrected chi connectivity index (χ3v) is 3.57. The van der Waals surface area contributed by atoms with Crippen molar-refractivity contribution in [2.45, 2.75) is 32.2 Å². The first-order chi connectivity index (χ1) is 7.95. The highest BCUT2D eigenvalue weighted by Crippen LogP contribution is 2.35. The van der Waals surface area contributed by atoms with Gasteiger partial charge in [0.25, 0.3) is 0 Å². The Balaban J connectivity index is 2.22. The molecule has 1 saturated carbocycles. The van der Waals surface area contributed by atoms with Gasteiger partial charge in [0.05, 0.1) is 7.11 Å². The molecule has 0 spiro atoms. The van der Waals surface area contributed by atoms with Crippen LogP contribution in [0.3, 0.4) is 0 Å². The van der Waals surface area contributed by atoms with E-state index in [9.17, 15) is 0 Å². The molecule has 0 heterocycles. The fraction of sp³-hybridized carbons (Fsp3) is 0.571. The highest BCUT2D eigenvalue weighted by atomic mass is 16.5. The Hall–Kier alpha value is -1.22. The van der Waals surface area contributed by atoms with E-state index in [1.54, 1.807) is 7.11 Å². The molecule has 1 fully saturated rings. The van der Waals surface area contributed by atoms with Crippen LogP contribution in [0.25, 0.3) is 0 Å². The van der Waals surface area contributed by atoms with E-state index >= 15 is 0 Å². The van der Waals surface area contributed by atoms with Crippen LogP contribution < -0.4 is 15.4 Å². The summed E-state index contributed by atoms with van der Waals surface area (Å²) in [5.41, 5.74) is 9.87. The molecule has 0 amide bonds. The maximum atomic E-state index is 6.16. The summed E-state index contributed by atoms with van der Waals surface area (Å²) in [5.74, 6) is 0.952. The van der Waals surface area contributed by atoms with Crippen LogP contribution in [0.4, 0.5) is 5.69 Å². The van der Waals surface area contributed by atoms with Crippen molar-refractivity contribution in [3.63, 3.8) is 0 Å². The maximum absolute atomic E-state index is 6.16. The van der Waals surface area contributed by atoms with E-state index in [0.29, 0.717) is 0 Å². The summed E-state index contributed by atoms with van der Waals surface area (Å²) in [6.45, 7) is 5.12. The highest BCUT2D eigenvalue weighted by Gasteiger charge is 2.39. The fourth-order valence-corrected chi connectivity index (χ4v) is 2.28. The topological polar surface area (TPSA) is 38.5 Å². The molecule has 0 bridgehead atoms. The Morgan fingerprint density at radius 1 is 1.29 bits per heavy atom. The van der Waals surface area contributed by atoms with Gasteiger partial charge in [-0.1, -0.05) is 0 Å². The maximum Gasteiger partial charge on any atom is 0.122 e. The summed E-state index contributed by atoms with van der Waals surface area (Å²) in [6.07, 6.45) is 2.29. The van der Waals surface area contributed by atoms with Crippen molar-refractivity contribution in [3.05, 3.63) is 23.3 Å². The van der Waals surface area contributed by atoms with Crippen LogP contribution in [0.2, 0.25) is 0 Å². The lowest BCUT2D eigenvalue weighted by molar-refractivity contribution is 0.411. The van der Waals surface area contributed by atoms with Crippen molar-refractivity contribution in [1.29, 1.82) is 0 Å². The molecule has 0 unspecified atom stereocenters. The molecular formula is C14H22N2O. The van der Waals surface area contributed by atoms with Crippen LogP contribution in [-0.2, 0) is 0 Å². The summed E-state index contributed by atoms with van der Waals surface area (Å²) in [5, 5.41) is 0. The van der Waals surface area contributed by atoms with Crippen molar-refractivity contribution in [3.8, 4) is 5.75 Å². The van der Waals surface area contributed by atoms with Gasteiger partial charge in [-0.05, 0) is 49.9 Å². The van der Waals surface area contributed by atoms with Crippen LogP contribution in [0, 0.1) is 13.8 Å². The van der Waals surface area contributed by atoms with E-state index in [2.05, 4.69) is 37.9 Å². The van der Waals surface area contributed by atoms with Gasteiger partial charge in [-0.2, -0.15) is 0 Å². The Labute approximate surface area is 104 Å². The summed E-state index contributed by atoms with van der Waals surface area (Å²) in [4.78, 5) is 2.26. The molecule has 1 aliphatic rings. The summed E-state index contributed by atoms with van der Waals surface area (Å²) in [7, 11) is 3.82. The number of likely N-dealkylation sites (N-methyl/N-ethyl adjacent to an activating group) is 1. The van der Waals surface area contributed by atoms with Crippen molar-refractivity contribution >= 4 is 5.69 Å². The van der Waals surface area contributed by atoms with E-state index in [1.807, 2.05) is 0 Å². The van der Waals surface area contributed by atoms with Crippen molar-refractivity contribution in [2.75, 3.05) is 25.6 Å². The van der Waals surface area contributed by atoms with Gasteiger partial charge in [-0.25, -0.2) is 0 Å². The molecule has 1 aliphatic carbocycles. The molecular weight excluding hydrogens is 212 g/mol. The molecule has 1 aromatic rings. The van der Waals surface area contributed by atoms with Crippen LogP contribution in [0.1, 0.15) is 24.0 Å². The predicted molar refractivity (Wildman–Crippen MR) is 71.9 cm³/mol. The average molecular weight is 234 g/mol. The summed E-state index contributed by atoms with van der Waals surface area (Å²) >= 11 is 0. The number of nitrogens with zero attached hydrogens (tertiary/aromatic N) is 1. The van der Waals surface area contributed by atoms with Gasteiger partial charge in [0.15, 0.2) is 0 Å². The smallest absolute Gasteiger partial charge is 0.122 e. The van der Waals surface area contributed by atoms with E-state index in [1.165, 1.54) is 16.8 Å². The first-order valence-electron chi connectivity index (χ1n) is 6.10. The molecule has 0 aliphatic heterocycles. The van der Waals surface area contributed by atoms with E-state index in [-0.39, 0.29) is 5.54 Å². The Bertz CT molecular complexity index is 424. The minimum Gasteiger partial charge on any atom is -0.496 e. The lowest BCUT2D eigenvalue weighted by Gasteiger charge is -2.25. The molecule has 3 heteroatoms. The molecule has 0 atom stereocenters. The predicted octanol–water partition coefficient (Wildman–Crippen LogP) is 2.24. The van der Waals surface area contributed by atoms with E-state index in [4.69, 9.17) is 10.5 Å². The second kappa shape index (κ2) is 4.22. The van der Waals surface area contributed by atoms with Gasteiger partial charge < -0.3 is 15.4 Å². The van der Waals surface area contributed by atoms with Gasteiger partial charge >= 0.3 is 0 Å². The molecule has 94 valence electrons. The fourth-order valence-electron chi connectivity index (χ4n) is 2.28. The average Bonchev–Trinajstić information content (AvgIpc) is 2.98. The molecule has 2 N–H and O–H groups in total. The number of hydrogen-bond donors (Lipinski definition) is 1.